The topological polar surface area (TPSA) is 58.9 Å². The Bertz CT molecular complexity index is 1060. The van der Waals surface area contributed by atoms with Gasteiger partial charge in [-0.15, -0.1) is 0 Å². The average Bonchev–Trinajstić information content (AvgIpc) is 3.16. The molecule has 1 aromatic heterocycles. The molecule has 0 spiro atoms. The van der Waals surface area contributed by atoms with E-state index in [1.54, 1.807) is 0 Å². The van der Waals surface area contributed by atoms with Gasteiger partial charge in [0.1, 0.15) is 0 Å². The van der Waals surface area contributed by atoms with Gasteiger partial charge in [-0.05, 0) is 74.9 Å². The lowest BCUT2D eigenvalue weighted by Gasteiger charge is -2.28. The van der Waals surface area contributed by atoms with Crippen LogP contribution in [0.1, 0.15) is 34.2 Å². The first-order valence-corrected chi connectivity index (χ1v) is 10.6. The Kier molecular flexibility index (Phi) is 6.18. The summed E-state index contributed by atoms with van der Waals surface area (Å²) in [5.41, 5.74) is 9.52. The molecule has 0 atom stereocenters. The number of aromatic nitrogens is 1. The van der Waals surface area contributed by atoms with E-state index in [1.807, 2.05) is 43.3 Å². The molecule has 6 nitrogen and oxygen atoms in total. The molecule has 1 aliphatic heterocycles. The second-order valence-corrected chi connectivity index (χ2v) is 7.78. The minimum Gasteiger partial charge on any atom is -0.378 e. The molecule has 160 valence electrons. The SMILES string of the molecule is CC(=NNC(=O)c1ccc(-n2c(C)ccc2C)cc1)c1ccc(N2CCOCC2)cc1. The minimum atomic E-state index is -0.225. The molecule has 31 heavy (non-hydrogen) atoms. The van der Waals surface area contributed by atoms with E-state index in [-0.39, 0.29) is 5.91 Å². The van der Waals surface area contributed by atoms with E-state index in [9.17, 15) is 4.79 Å². The largest absolute Gasteiger partial charge is 0.378 e. The van der Waals surface area contributed by atoms with Crippen LogP contribution in [0.5, 0.6) is 0 Å². The van der Waals surface area contributed by atoms with Crippen LogP contribution < -0.4 is 10.3 Å². The smallest absolute Gasteiger partial charge is 0.271 e. The van der Waals surface area contributed by atoms with Gasteiger partial charge in [0.2, 0.25) is 0 Å². The Morgan fingerprint density at radius 2 is 1.39 bits per heavy atom. The van der Waals surface area contributed by atoms with Gasteiger partial charge in [0, 0.05) is 41.4 Å². The summed E-state index contributed by atoms with van der Waals surface area (Å²) in [6.07, 6.45) is 0. The predicted octanol–water partition coefficient (Wildman–Crippen LogP) is 4.08. The van der Waals surface area contributed by atoms with E-state index in [0.29, 0.717) is 5.56 Å². The Morgan fingerprint density at radius 1 is 0.839 bits per heavy atom. The molecule has 1 N–H and O–H groups in total. The summed E-state index contributed by atoms with van der Waals surface area (Å²) in [6, 6.07) is 20.0. The fraction of sp³-hybridized carbons (Fsp3) is 0.280. The van der Waals surface area contributed by atoms with Crippen LogP contribution in [0.15, 0.2) is 65.8 Å². The summed E-state index contributed by atoms with van der Waals surface area (Å²) in [5.74, 6) is -0.225. The first-order chi connectivity index (χ1) is 15.0. The molecule has 0 aliphatic carbocycles. The molecule has 1 saturated heterocycles. The highest BCUT2D eigenvalue weighted by molar-refractivity contribution is 6.01. The van der Waals surface area contributed by atoms with Crippen LogP contribution in [-0.4, -0.2) is 42.5 Å². The highest BCUT2D eigenvalue weighted by Crippen LogP contribution is 2.18. The zero-order chi connectivity index (χ0) is 21.8. The number of carbonyl (C=O) groups excluding carboxylic acids is 1. The number of nitrogens with zero attached hydrogens (tertiary/aromatic N) is 3. The zero-order valence-corrected chi connectivity index (χ0v) is 18.3. The van der Waals surface area contributed by atoms with Crippen LogP contribution in [0.2, 0.25) is 0 Å². The maximum atomic E-state index is 12.5. The number of aryl methyl sites for hydroxylation is 2. The number of anilines is 1. The summed E-state index contributed by atoms with van der Waals surface area (Å²) in [5, 5.41) is 4.29. The number of benzene rings is 2. The van der Waals surface area contributed by atoms with Crippen LogP contribution in [-0.2, 0) is 4.74 Å². The summed E-state index contributed by atoms with van der Waals surface area (Å²) < 4.78 is 7.56. The third-order valence-corrected chi connectivity index (χ3v) is 5.65. The van der Waals surface area contributed by atoms with Gasteiger partial charge in [0.15, 0.2) is 0 Å². The lowest BCUT2D eigenvalue weighted by Crippen LogP contribution is -2.36. The van der Waals surface area contributed by atoms with Gasteiger partial charge in [-0.3, -0.25) is 4.79 Å². The van der Waals surface area contributed by atoms with Crippen molar-refractivity contribution < 1.29 is 9.53 Å². The van der Waals surface area contributed by atoms with E-state index < -0.39 is 0 Å². The molecule has 1 fully saturated rings. The number of amides is 1. The number of hydrazone groups is 1. The maximum Gasteiger partial charge on any atom is 0.271 e. The molecule has 0 radical (unpaired) electrons. The highest BCUT2D eigenvalue weighted by atomic mass is 16.5. The summed E-state index contributed by atoms with van der Waals surface area (Å²) in [7, 11) is 0. The van der Waals surface area contributed by atoms with Crippen LogP contribution in [0, 0.1) is 13.8 Å². The van der Waals surface area contributed by atoms with Crippen molar-refractivity contribution in [2.24, 2.45) is 5.10 Å². The third kappa shape index (κ3) is 4.70. The number of ether oxygens (including phenoxy) is 1. The van der Waals surface area contributed by atoms with E-state index in [4.69, 9.17) is 4.74 Å². The summed E-state index contributed by atoms with van der Waals surface area (Å²) >= 11 is 0. The van der Waals surface area contributed by atoms with Crippen LogP contribution in [0.4, 0.5) is 5.69 Å². The van der Waals surface area contributed by atoms with Gasteiger partial charge in [0.25, 0.3) is 5.91 Å². The number of hydrogen-bond donors (Lipinski definition) is 1. The molecular weight excluding hydrogens is 388 g/mol. The molecule has 0 unspecified atom stereocenters. The molecule has 0 saturated carbocycles. The minimum absolute atomic E-state index is 0.225. The number of rotatable bonds is 5. The third-order valence-electron chi connectivity index (χ3n) is 5.65. The molecular formula is C25H28N4O2. The Balaban J connectivity index is 1.40. The Morgan fingerprint density at radius 3 is 2.00 bits per heavy atom. The normalized spacial score (nSPS) is 14.5. The second kappa shape index (κ2) is 9.18. The average molecular weight is 417 g/mol. The van der Waals surface area contributed by atoms with E-state index in [2.05, 4.69) is 58.1 Å². The second-order valence-electron chi connectivity index (χ2n) is 7.78. The molecule has 2 aromatic carbocycles. The molecule has 1 aliphatic rings. The van der Waals surface area contributed by atoms with Crippen molar-refractivity contribution in [3.05, 3.63) is 83.2 Å². The van der Waals surface area contributed by atoms with Crippen LogP contribution >= 0.6 is 0 Å². The number of nitrogens with one attached hydrogen (secondary N) is 1. The van der Waals surface area contributed by atoms with Crippen molar-refractivity contribution in [1.82, 2.24) is 9.99 Å². The van der Waals surface area contributed by atoms with Crippen molar-refractivity contribution in [3.63, 3.8) is 0 Å². The summed E-state index contributed by atoms with van der Waals surface area (Å²) in [4.78, 5) is 14.8. The van der Waals surface area contributed by atoms with Crippen LogP contribution in [0.25, 0.3) is 5.69 Å². The van der Waals surface area contributed by atoms with E-state index in [0.717, 1.165) is 54.7 Å². The molecule has 2 heterocycles. The van der Waals surface area contributed by atoms with Gasteiger partial charge in [-0.2, -0.15) is 5.10 Å². The van der Waals surface area contributed by atoms with Crippen molar-refractivity contribution in [3.8, 4) is 5.69 Å². The van der Waals surface area contributed by atoms with E-state index in [1.165, 1.54) is 5.69 Å². The first kappa shape index (κ1) is 20.9. The van der Waals surface area contributed by atoms with Crippen molar-refractivity contribution in [1.29, 1.82) is 0 Å². The van der Waals surface area contributed by atoms with Crippen molar-refractivity contribution >= 4 is 17.3 Å². The monoisotopic (exact) mass is 416 g/mol. The number of morpholine rings is 1. The van der Waals surface area contributed by atoms with Crippen molar-refractivity contribution in [2.45, 2.75) is 20.8 Å². The molecule has 6 heteroatoms. The van der Waals surface area contributed by atoms with Gasteiger partial charge < -0.3 is 14.2 Å². The predicted molar refractivity (Wildman–Crippen MR) is 124 cm³/mol. The Labute approximate surface area is 183 Å². The molecule has 1 amide bonds. The van der Waals surface area contributed by atoms with Gasteiger partial charge in [-0.1, -0.05) is 12.1 Å². The van der Waals surface area contributed by atoms with Gasteiger partial charge in [-0.25, -0.2) is 5.43 Å². The fourth-order valence-corrected chi connectivity index (χ4v) is 3.84. The van der Waals surface area contributed by atoms with Crippen LogP contribution in [0.3, 0.4) is 0 Å². The standard InChI is InChI=1S/C25H28N4O2/c1-18-4-5-19(2)29(18)24-12-8-22(9-13-24)25(30)27-26-20(3)21-6-10-23(11-7-21)28-14-16-31-17-15-28/h4-13H,14-17H2,1-3H3,(H,27,30). The molecule has 0 bridgehead atoms. The van der Waals surface area contributed by atoms with Crippen molar-refractivity contribution in [2.75, 3.05) is 31.2 Å². The molecule has 3 aromatic rings. The summed E-state index contributed by atoms with van der Waals surface area (Å²) in [6.45, 7) is 9.37. The van der Waals surface area contributed by atoms with Gasteiger partial charge >= 0.3 is 0 Å². The number of hydrogen-bond acceptors (Lipinski definition) is 4. The van der Waals surface area contributed by atoms with E-state index >= 15 is 0 Å². The lowest BCUT2D eigenvalue weighted by molar-refractivity contribution is 0.0955. The Hall–Kier alpha value is -3.38. The highest BCUT2D eigenvalue weighted by Gasteiger charge is 2.11. The van der Waals surface area contributed by atoms with Gasteiger partial charge in [0.05, 0.1) is 18.9 Å². The number of carbonyl (C=O) groups is 1. The zero-order valence-electron chi connectivity index (χ0n) is 18.3. The molecule has 4 rings (SSSR count). The quantitative estimate of drug-likeness (QED) is 0.504. The fourth-order valence-electron chi connectivity index (χ4n) is 3.84. The first-order valence-electron chi connectivity index (χ1n) is 10.6. The lowest BCUT2D eigenvalue weighted by atomic mass is 10.1. The maximum absolute atomic E-state index is 12.5.